The molecule has 3 N–H and O–H groups in total. The molecule has 0 saturated carbocycles. The lowest BCUT2D eigenvalue weighted by Crippen LogP contribution is -2.28. The highest BCUT2D eigenvalue weighted by atomic mass is 32.1. The van der Waals surface area contributed by atoms with Crippen LogP contribution in [0.5, 0.6) is 0 Å². The first-order valence-corrected chi connectivity index (χ1v) is 2.82. The highest BCUT2D eigenvalue weighted by Gasteiger charge is 1.77. The van der Waals surface area contributed by atoms with Crippen molar-refractivity contribution >= 4 is 17.3 Å². The van der Waals surface area contributed by atoms with E-state index < -0.39 is 0 Å². The number of hydrogen-bond acceptors (Lipinski definition) is 1. The van der Waals surface area contributed by atoms with Crippen molar-refractivity contribution in [1.82, 2.24) is 5.32 Å². The maximum absolute atomic E-state index is 5.12. The molecule has 0 bridgehead atoms. The Hall–Kier alpha value is -0.570. The molecule has 0 spiro atoms. The highest BCUT2D eigenvalue weighted by Crippen LogP contribution is 1.65. The molecule has 0 aliphatic heterocycles. The van der Waals surface area contributed by atoms with Gasteiger partial charge in [0.15, 0.2) is 5.11 Å². The smallest absolute Gasteiger partial charge is 0.163 e. The molecule has 0 aromatic rings. The van der Waals surface area contributed by atoms with Crippen LogP contribution < -0.4 is 11.1 Å². The summed E-state index contributed by atoms with van der Waals surface area (Å²) in [6.45, 7) is 2.67. The fourth-order valence-electron chi connectivity index (χ4n) is 0.277. The Labute approximate surface area is 54.8 Å². The summed E-state index contributed by atoms with van der Waals surface area (Å²) in [5.74, 6) is 0. The van der Waals surface area contributed by atoms with Gasteiger partial charge in [-0.15, -0.1) is 0 Å². The van der Waals surface area contributed by atoms with E-state index in [1.54, 1.807) is 0 Å². The van der Waals surface area contributed by atoms with E-state index in [1.165, 1.54) is 0 Å². The molecule has 0 rings (SSSR count). The van der Waals surface area contributed by atoms with Gasteiger partial charge in [0, 0.05) is 6.54 Å². The average Bonchev–Trinajstić information content (AvgIpc) is 1.66. The van der Waals surface area contributed by atoms with Crippen molar-refractivity contribution in [2.24, 2.45) is 5.73 Å². The quantitative estimate of drug-likeness (QED) is 0.419. The normalized spacial score (nSPS) is 9.62. The minimum atomic E-state index is 0.350. The van der Waals surface area contributed by atoms with Crippen molar-refractivity contribution in [2.45, 2.75) is 6.92 Å². The van der Waals surface area contributed by atoms with Crippen LogP contribution in [0.4, 0.5) is 0 Å². The summed E-state index contributed by atoms with van der Waals surface area (Å²) in [4.78, 5) is 0. The fraction of sp³-hybridized carbons (Fsp3) is 0.400. The maximum atomic E-state index is 5.12. The van der Waals surface area contributed by atoms with Crippen LogP contribution in [0.15, 0.2) is 12.2 Å². The summed E-state index contributed by atoms with van der Waals surface area (Å²) in [5, 5.41) is 3.12. The molecule has 46 valence electrons. The molecular weight excluding hydrogens is 120 g/mol. The number of nitrogens with two attached hydrogens (primary N) is 1. The lowest BCUT2D eigenvalue weighted by Gasteiger charge is -1.95. The lowest BCUT2D eigenvalue weighted by molar-refractivity contribution is 1.05. The molecule has 0 amide bonds. The van der Waals surface area contributed by atoms with E-state index in [1.807, 2.05) is 19.1 Å². The molecule has 0 aromatic carbocycles. The van der Waals surface area contributed by atoms with Gasteiger partial charge in [-0.3, -0.25) is 0 Å². The molecule has 0 aliphatic rings. The summed E-state index contributed by atoms with van der Waals surface area (Å²) >= 11 is 4.54. The van der Waals surface area contributed by atoms with E-state index in [2.05, 4.69) is 17.5 Å². The molecule has 0 radical (unpaired) electrons. The molecule has 3 heteroatoms. The Balaban J connectivity index is 3.05. The minimum absolute atomic E-state index is 0.350. The Morgan fingerprint density at radius 3 is 2.88 bits per heavy atom. The third-order valence-electron chi connectivity index (χ3n) is 0.630. The second kappa shape index (κ2) is 4.59. The van der Waals surface area contributed by atoms with Crippen molar-refractivity contribution in [1.29, 1.82) is 0 Å². The van der Waals surface area contributed by atoms with Gasteiger partial charge in [0.1, 0.15) is 0 Å². The molecule has 0 fully saturated rings. The number of rotatable bonds is 2. The van der Waals surface area contributed by atoms with Gasteiger partial charge in [-0.05, 0) is 19.1 Å². The van der Waals surface area contributed by atoms with Gasteiger partial charge in [0.2, 0.25) is 0 Å². The van der Waals surface area contributed by atoms with Crippen LogP contribution >= 0.6 is 12.2 Å². The molecule has 0 atom stereocenters. The maximum Gasteiger partial charge on any atom is 0.163 e. The van der Waals surface area contributed by atoms with Gasteiger partial charge in [-0.2, -0.15) is 0 Å². The Kier molecular flexibility index (Phi) is 4.26. The predicted molar refractivity (Wildman–Crippen MR) is 39.6 cm³/mol. The second-order valence-electron chi connectivity index (χ2n) is 1.31. The number of allylic oxidation sites excluding steroid dienone is 1. The van der Waals surface area contributed by atoms with Crippen molar-refractivity contribution in [2.75, 3.05) is 6.54 Å². The Bertz CT molecular complexity index is 98.6. The number of nitrogens with one attached hydrogen (secondary N) is 1. The van der Waals surface area contributed by atoms with Crippen LogP contribution in [0.2, 0.25) is 0 Å². The van der Waals surface area contributed by atoms with Crippen molar-refractivity contribution < 1.29 is 0 Å². The first-order chi connectivity index (χ1) is 3.77. The van der Waals surface area contributed by atoms with Gasteiger partial charge in [-0.25, -0.2) is 0 Å². The van der Waals surface area contributed by atoms with Crippen LogP contribution in [-0.4, -0.2) is 11.7 Å². The van der Waals surface area contributed by atoms with Gasteiger partial charge in [0.05, 0.1) is 0 Å². The van der Waals surface area contributed by atoms with Gasteiger partial charge >= 0.3 is 0 Å². The summed E-state index contributed by atoms with van der Waals surface area (Å²) < 4.78 is 0. The third-order valence-corrected chi connectivity index (χ3v) is 0.774. The molecule has 0 heterocycles. The van der Waals surface area contributed by atoms with Gasteiger partial charge < -0.3 is 11.1 Å². The van der Waals surface area contributed by atoms with E-state index in [9.17, 15) is 0 Å². The summed E-state index contributed by atoms with van der Waals surface area (Å²) in [6, 6.07) is 0. The molecular formula is C5H10N2S. The molecule has 2 nitrogen and oxygen atoms in total. The minimum Gasteiger partial charge on any atom is -0.376 e. The largest absolute Gasteiger partial charge is 0.376 e. The summed E-state index contributed by atoms with van der Waals surface area (Å²) in [5.41, 5.74) is 5.12. The van der Waals surface area contributed by atoms with Crippen LogP contribution in [0.3, 0.4) is 0 Å². The summed E-state index contributed by atoms with van der Waals surface area (Å²) in [6.07, 6.45) is 3.88. The zero-order valence-corrected chi connectivity index (χ0v) is 5.66. The summed E-state index contributed by atoms with van der Waals surface area (Å²) in [7, 11) is 0. The van der Waals surface area contributed by atoms with Crippen molar-refractivity contribution in [3.05, 3.63) is 12.2 Å². The van der Waals surface area contributed by atoms with E-state index >= 15 is 0 Å². The van der Waals surface area contributed by atoms with E-state index in [0.717, 1.165) is 6.54 Å². The van der Waals surface area contributed by atoms with Crippen LogP contribution in [0, 0.1) is 0 Å². The predicted octanol–water partition coefficient (Wildman–Crippen LogP) is 0.396. The van der Waals surface area contributed by atoms with E-state index in [-0.39, 0.29) is 0 Å². The highest BCUT2D eigenvalue weighted by molar-refractivity contribution is 7.80. The molecule has 8 heavy (non-hydrogen) atoms. The van der Waals surface area contributed by atoms with Crippen molar-refractivity contribution in [3.8, 4) is 0 Å². The average molecular weight is 130 g/mol. The van der Waals surface area contributed by atoms with E-state index in [0.29, 0.717) is 5.11 Å². The monoisotopic (exact) mass is 130 g/mol. The second-order valence-corrected chi connectivity index (χ2v) is 1.75. The van der Waals surface area contributed by atoms with Crippen LogP contribution in [0.25, 0.3) is 0 Å². The van der Waals surface area contributed by atoms with Crippen molar-refractivity contribution in [3.63, 3.8) is 0 Å². The third kappa shape index (κ3) is 5.43. The van der Waals surface area contributed by atoms with Crippen LogP contribution in [-0.2, 0) is 0 Å². The Morgan fingerprint density at radius 2 is 2.50 bits per heavy atom. The first-order valence-electron chi connectivity index (χ1n) is 2.42. The van der Waals surface area contributed by atoms with Gasteiger partial charge in [0.25, 0.3) is 0 Å². The van der Waals surface area contributed by atoms with Crippen LogP contribution in [0.1, 0.15) is 6.92 Å². The molecule has 0 saturated heterocycles. The molecule has 0 unspecified atom stereocenters. The molecule has 0 aromatic heterocycles. The lowest BCUT2D eigenvalue weighted by atomic mass is 10.5. The zero-order chi connectivity index (χ0) is 6.41. The zero-order valence-electron chi connectivity index (χ0n) is 4.85. The standard InChI is InChI=1S/C5H10N2S/c1-2-3-4-7-5(6)8/h2-3H,4H2,1H3,(H3,6,7,8). The fourth-order valence-corrected chi connectivity index (χ4v) is 0.361. The number of hydrogen-bond donors (Lipinski definition) is 2. The Morgan fingerprint density at radius 1 is 1.88 bits per heavy atom. The number of thiocarbonyl (C=S) groups is 1. The van der Waals surface area contributed by atoms with Gasteiger partial charge in [-0.1, -0.05) is 12.2 Å². The van der Waals surface area contributed by atoms with E-state index in [4.69, 9.17) is 5.73 Å². The first kappa shape index (κ1) is 7.43. The topological polar surface area (TPSA) is 38.0 Å². The molecule has 0 aliphatic carbocycles. The SMILES string of the molecule is CC=CCNC(N)=S.